The molecule has 2 rings (SSSR count). The third-order valence-corrected chi connectivity index (χ3v) is 3.26. The van der Waals surface area contributed by atoms with E-state index in [1.54, 1.807) is 42.5 Å². The lowest BCUT2D eigenvalue weighted by atomic mass is 10.2. The van der Waals surface area contributed by atoms with Crippen LogP contribution in [0.2, 0.25) is 10.0 Å². The van der Waals surface area contributed by atoms with E-state index in [1.165, 1.54) is 0 Å². The molecule has 1 amide bonds. The standard InChI is InChI=1S/C15H14Cl2N2O2/c16-11-4-2-5-12(7-11)19-14(20)9-21-15-10(8-18)3-1-6-13(15)17/h1-7H,8-9,18H2,(H,19,20). The van der Waals surface area contributed by atoms with Crippen LogP contribution in [0.5, 0.6) is 5.75 Å². The molecule has 0 radical (unpaired) electrons. The van der Waals surface area contributed by atoms with Crippen molar-refractivity contribution in [2.75, 3.05) is 11.9 Å². The first-order valence-corrected chi connectivity index (χ1v) is 7.01. The van der Waals surface area contributed by atoms with Gasteiger partial charge in [-0.3, -0.25) is 4.79 Å². The zero-order valence-corrected chi connectivity index (χ0v) is 12.6. The molecule has 2 aromatic carbocycles. The summed E-state index contributed by atoms with van der Waals surface area (Å²) in [5.74, 6) is 0.128. The summed E-state index contributed by atoms with van der Waals surface area (Å²) in [7, 11) is 0. The second kappa shape index (κ2) is 7.31. The summed E-state index contributed by atoms with van der Waals surface area (Å²) in [6, 6.07) is 12.1. The monoisotopic (exact) mass is 324 g/mol. The van der Waals surface area contributed by atoms with Crippen molar-refractivity contribution in [2.45, 2.75) is 6.54 Å². The van der Waals surface area contributed by atoms with Crippen molar-refractivity contribution in [3.05, 3.63) is 58.1 Å². The van der Waals surface area contributed by atoms with E-state index in [2.05, 4.69) is 5.32 Å². The van der Waals surface area contributed by atoms with Gasteiger partial charge >= 0.3 is 0 Å². The number of carbonyl (C=O) groups excluding carboxylic acids is 1. The summed E-state index contributed by atoms with van der Waals surface area (Å²) in [4.78, 5) is 11.9. The molecular formula is C15H14Cl2N2O2. The molecule has 0 bridgehead atoms. The van der Waals surface area contributed by atoms with Crippen molar-refractivity contribution in [2.24, 2.45) is 5.73 Å². The van der Waals surface area contributed by atoms with Crippen LogP contribution in [0.3, 0.4) is 0 Å². The van der Waals surface area contributed by atoms with E-state index in [-0.39, 0.29) is 19.1 Å². The van der Waals surface area contributed by atoms with Crippen LogP contribution in [0.4, 0.5) is 5.69 Å². The Balaban J connectivity index is 1.99. The molecular weight excluding hydrogens is 311 g/mol. The van der Waals surface area contributed by atoms with E-state index in [0.29, 0.717) is 21.5 Å². The van der Waals surface area contributed by atoms with Gasteiger partial charge in [0, 0.05) is 22.8 Å². The smallest absolute Gasteiger partial charge is 0.262 e. The maximum absolute atomic E-state index is 11.9. The van der Waals surface area contributed by atoms with Gasteiger partial charge in [-0.15, -0.1) is 0 Å². The number of halogens is 2. The largest absolute Gasteiger partial charge is 0.482 e. The Labute approximate surface area is 132 Å². The Morgan fingerprint density at radius 1 is 1.19 bits per heavy atom. The molecule has 0 spiro atoms. The summed E-state index contributed by atoms with van der Waals surface area (Å²) in [6.07, 6.45) is 0. The lowest BCUT2D eigenvalue weighted by Crippen LogP contribution is -2.20. The SMILES string of the molecule is NCc1cccc(Cl)c1OCC(=O)Nc1cccc(Cl)c1. The molecule has 6 heteroatoms. The van der Waals surface area contributed by atoms with Crippen molar-refractivity contribution in [3.8, 4) is 5.75 Å². The number of hydrogen-bond donors (Lipinski definition) is 2. The minimum atomic E-state index is -0.305. The van der Waals surface area contributed by atoms with Gasteiger partial charge in [0.05, 0.1) is 5.02 Å². The van der Waals surface area contributed by atoms with Crippen LogP contribution in [0.25, 0.3) is 0 Å². The highest BCUT2D eigenvalue weighted by atomic mass is 35.5. The Hall–Kier alpha value is -1.75. The predicted molar refractivity (Wildman–Crippen MR) is 84.9 cm³/mol. The number of para-hydroxylation sites is 1. The van der Waals surface area contributed by atoms with Gasteiger partial charge in [0.15, 0.2) is 6.61 Å². The van der Waals surface area contributed by atoms with E-state index < -0.39 is 0 Å². The van der Waals surface area contributed by atoms with Crippen molar-refractivity contribution in [1.29, 1.82) is 0 Å². The van der Waals surface area contributed by atoms with Gasteiger partial charge in [-0.05, 0) is 24.3 Å². The Morgan fingerprint density at radius 2 is 1.95 bits per heavy atom. The average Bonchev–Trinajstić information content (AvgIpc) is 2.45. The first-order chi connectivity index (χ1) is 10.1. The highest BCUT2D eigenvalue weighted by molar-refractivity contribution is 6.32. The molecule has 0 aliphatic carbocycles. The summed E-state index contributed by atoms with van der Waals surface area (Å²) in [5, 5.41) is 3.66. The van der Waals surface area contributed by atoms with Gasteiger partial charge in [0.2, 0.25) is 0 Å². The second-order valence-electron chi connectivity index (χ2n) is 4.28. The van der Waals surface area contributed by atoms with Crippen LogP contribution >= 0.6 is 23.2 Å². The minimum absolute atomic E-state index is 0.163. The number of carbonyl (C=O) groups is 1. The van der Waals surface area contributed by atoms with Crippen molar-refractivity contribution in [1.82, 2.24) is 0 Å². The molecule has 4 nitrogen and oxygen atoms in total. The highest BCUT2D eigenvalue weighted by Crippen LogP contribution is 2.28. The van der Waals surface area contributed by atoms with E-state index in [4.69, 9.17) is 33.7 Å². The molecule has 0 heterocycles. The number of rotatable bonds is 5. The van der Waals surface area contributed by atoms with E-state index in [0.717, 1.165) is 5.56 Å². The molecule has 2 aromatic rings. The van der Waals surface area contributed by atoms with E-state index in [1.807, 2.05) is 0 Å². The zero-order chi connectivity index (χ0) is 15.2. The van der Waals surface area contributed by atoms with Crippen LogP contribution in [0.1, 0.15) is 5.56 Å². The fraction of sp³-hybridized carbons (Fsp3) is 0.133. The molecule has 0 fully saturated rings. The summed E-state index contributed by atoms with van der Waals surface area (Å²) in [5.41, 5.74) is 6.97. The van der Waals surface area contributed by atoms with Crippen LogP contribution in [0, 0.1) is 0 Å². The highest BCUT2D eigenvalue weighted by Gasteiger charge is 2.10. The zero-order valence-electron chi connectivity index (χ0n) is 11.1. The molecule has 3 N–H and O–H groups in total. The van der Waals surface area contributed by atoms with Gasteiger partial charge in [0.1, 0.15) is 5.75 Å². The first kappa shape index (κ1) is 15.6. The molecule has 0 aliphatic heterocycles. The van der Waals surface area contributed by atoms with Crippen LogP contribution in [-0.2, 0) is 11.3 Å². The number of benzene rings is 2. The quantitative estimate of drug-likeness (QED) is 0.885. The lowest BCUT2D eigenvalue weighted by Gasteiger charge is -2.12. The van der Waals surface area contributed by atoms with Crippen molar-refractivity contribution < 1.29 is 9.53 Å². The molecule has 0 saturated heterocycles. The van der Waals surface area contributed by atoms with Gasteiger partial charge in [-0.25, -0.2) is 0 Å². The van der Waals surface area contributed by atoms with Crippen molar-refractivity contribution >= 4 is 34.8 Å². The molecule has 0 atom stereocenters. The average molecular weight is 325 g/mol. The number of amides is 1. The fourth-order valence-corrected chi connectivity index (χ4v) is 2.22. The third kappa shape index (κ3) is 4.36. The Bertz CT molecular complexity index is 647. The van der Waals surface area contributed by atoms with Crippen LogP contribution in [0.15, 0.2) is 42.5 Å². The van der Waals surface area contributed by atoms with Gasteiger partial charge < -0.3 is 15.8 Å². The van der Waals surface area contributed by atoms with Gasteiger partial charge in [0.25, 0.3) is 5.91 Å². The maximum Gasteiger partial charge on any atom is 0.262 e. The number of nitrogens with one attached hydrogen (secondary N) is 1. The molecule has 0 saturated carbocycles. The molecule has 0 aromatic heterocycles. The summed E-state index contributed by atoms with van der Waals surface area (Å²) >= 11 is 11.9. The summed E-state index contributed by atoms with van der Waals surface area (Å²) < 4.78 is 5.47. The Morgan fingerprint density at radius 3 is 2.67 bits per heavy atom. The molecule has 0 unspecified atom stereocenters. The number of ether oxygens (including phenoxy) is 1. The van der Waals surface area contributed by atoms with Crippen LogP contribution in [-0.4, -0.2) is 12.5 Å². The maximum atomic E-state index is 11.9. The molecule has 21 heavy (non-hydrogen) atoms. The lowest BCUT2D eigenvalue weighted by molar-refractivity contribution is -0.118. The summed E-state index contributed by atoms with van der Waals surface area (Å²) in [6.45, 7) is 0.120. The number of nitrogens with two attached hydrogens (primary N) is 1. The normalized spacial score (nSPS) is 10.2. The molecule has 0 aliphatic rings. The predicted octanol–water partition coefficient (Wildman–Crippen LogP) is 3.47. The fourth-order valence-electron chi connectivity index (χ4n) is 1.78. The first-order valence-electron chi connectivity index (χ1n) is 6.26. The molecule has 110 valence electrons. The minimum Gasteiger partial charge on any atom is -0.482 e. The number of hydrogen-bond acceptors (Lipinski definition) is 3. The number of anilines is 1. The van der Waals surface area contributed by atoms with Gasteiger partial charge in [-0.1, -0.05) is 41.4 Å². The second-order valence-corrected chi connectivity index (χ2v) is 5.12. The van der Waals surface area contributed by atoms with Gasteiger partial charge in [-0.2, -0.15) is 0 Å². The van der Waals surface area contributed by atoms with Crippen molar-refractivity contribution in [3.63, 3.8) is 0 Å². The Kier molecular flexibility index (Phi) is 5.44. The topological polar surface area (TPSA) is 64.3 Å². The van der Waals surface area contributed by atoms with E-state index in [9.17, 15) is 4.79 Å². The third-order valence-electron chi connectivity index (χ3n) is 2.72. The van der Waals surface area contributed by atoms with E-state index >= 15 is 0 Å². The van der Waals surface area contributed by atoms with Crippen LogP contribution < -0.4 is 15.8 Å².